The molecule has 0 unspecified atom stereocenters. The first-order valence-electron chi connectivity index (χ1n) is 9.13. The summed E-state index contributed by atoms with van der Waals surface area (Å²) >= 11 is 3.50. The number of fused-ring (bicyclic) bond motifs is 3. The van der Waals surface area contributed by atoms with Crippen LogP contribution in [0.5, 0.6) is 0 Å². The number of nitrogens with one attached hydrogen (secondary N) is 1. The molecule has 0 bridgehead atoms. The highest BCUT2D eigenvalue weighted by Crippen LogP contribution is 2.52. The lowest BCUT2D eigenvalue weighted by Gasteiger charge is -2.34. The van der Waals surface area contributed by atoms with Gasteiger partial charge in [-0.15, -0.1) is 0 Å². The highest BCUT2D eigenvalue weighted by Gasteiger charge is 2.51. The number of halogens is 1. The lowest BCUT2D eigenvalue weighted by molar-refractivity contribution is -0.117. The van der Waals surface area contributed by atoms with Gasteiger partial charge in [-0.05, 0) is 48.7 Å². The summed E-state index contributed by atoms with van der Waals surface area (Å²) in [6, 6.07) is 9.39. The van der Waals surface area contributed by atoms with E-state index in [1.165, 1.54) is 0 Å². The minimum absolute atomic E-state index is 0.000171. The molecule has 1 aliphatic carbocycles. The van der Waals surface area contributed by atoms with Gasteiger partial charge in [0.25, 0.3) is 5.91 Å². The van der Waals surface area contributed by atoms with Gasteiger partial charge in [0.15, 0.2) is 0 Å². The maximum Gasteiger partial charge on any atom is 0.254 e. The predicted molar refractivity (Wildman–Crippen MR) is 108 cm³/mol. The van der Waals surface area contributed by atoms with E-state index in [-0.39, 0.29) is 23.8 Å². The first kappa shape index (κ1) is 17.4. The molecule has 2 amide bonds. The first-order chi connectivity index (χ1) is 13.4. The molecular weight excluding hydrogens is 422 g/mol. The van der Waals surface area contributed by atoms with Crippen molar-refractivity contribution in [2.45, 2.75) is 18.3 Å². The van der Waals surface area contributed by atoms with Gasteiger partial charge >= 0.3 is 0 Å². The van der Waals surface area contributed by atoms with E-state index in [0.717, 1.165) is 28.4 Å². The molecule has 1 saturated carbocycles. The van der Waals surface area contributed by atoms with Crippen molar-refractivity contribution in [3.05, 3.63) is 52.1 Å². The summed E-state index contributed by atoms with van der Waals surface area (Å²) in [4.78, 5) is 31.6. The third-order valence-electron chi connectivity index (χ3n) is 5.62. The zero-order chi connectivity index (χ0) is 19.5. The molecule has 1 aromatic carbocycles. The molecule has 3 aromatic rings. The Hall–Kier alpha value is -2.74. The Morgan fingerprint density at radius 3 is 2.89 bits per heavy atom. The highest BCUT2D eigenvalue weighted by molar-refractivity contribution is 9.10. The molecule has 1 spiro atoms. The third kappa shape index (κ3) is 2.79. The Morgan fingerprint density at radius 2 is 2.11 bits per heavy atom. The van der Waals surface area contributed by atoms with Crippen LogP contribution in [0.3, 0.4) is 0 Å². The van der Waals surface area contributed by atoms with Crippen LogP contribution < -0.4 is 5.32 Å². The first-order valence-corrected chi connectivity index (χ1v) is 9.92. The van der Waals surface area contributed by atoms with Crippen LogP contribution in [0.1, 0.15) is 28.8 Å². The van der Waals surface area contributed by atoms with Crippen molar-refractivity contribution in [1.82, 2.24) is 19.7 Å². The molecule has 1 N–H and O–H groups in total. The summed E-state index contributed by atoms with van der Waals surface area (Å²) in [5.41, 5.74) is 3.41. The van der Waals surface area contributed by atoms with E-state index in [9.17, 15) is 9.59 Å². The number of hydrogen-bond acceptors (Lipinski definition) is 4. The van der Waals surface area contributed by atoms with Gasteiger partial charge < -0.3 is 10.2 Å². The Morgan fingerprint density at radius 1 is 1.29 bits per heavy atom. The number of hydrogen-bond donors (Lipinski definition) is 1. The van der Waals surface area contributed by atoms with E-state index < -0.39 is 0 Å². The molecule has 2 aliphatic rings. The molecule has 8 heteroatoms. The molecule has 0 atom stereocenters. The Labute approximate surface area is 169 Å². The summed E-state index contributed by atoms with van der Waals surface area (Å²) in [7, 11) is 1.84. The molecular formula is C20H18BrN5O2. The molecule has 142 valence electrons. The normalized spacial score (nSPS) is 17.1. The van der Waals surface area contributed by atoms with Crippen LogP contribution in [-0.2, 0) is 17.3 Å². The minimum Gasteiger partial charge on any atom is -0.328 e. The molecule has 7 nitrogen and oxygen atoms in total. The lowest BCUT2D eigenvalue weighted by Crippen LogP contribution is -2.46. The number of aromatic nitrogens is 3. The number of amides is 2. The van der Waals surface area contributed by atoms with Gasteiger partial charge in [-0.1, -0.05) is 15.9 Å². The number of rotatable bonds is 3. The van der Waals surface area contributed by atoms with Crippen LogP contribution >= 0.6 is 15.9 Å². The van der Waals surface area contributed by atoms with Gasteiger partial charge in [0.05, 0.1) is 11.7 Å². The fraction of sp³-hybridized carbons (Fsp3) is 0.300. The van der Waals surface area contributed by atoms with Crippen LogP contribution in [-0.4, -0.2) is 44.6 Å². The van der Waals surface area contributed by atoms with Crippen molar-refractivity contribution < 1.29 is 9.59 Å². The molecule has 5 rings (SSSR count). The summed E-state index contributed by atoms with van der Waals surface area (Å²) in [5, 5.41) is 6.96. The van der Waals surface area contributed by atoms with Crippen LogP contribution in [0.15, 0.2) is 41.0 Å². The number of pyridine rings is 1. The average molecular weight is 440 g/mol. The van der Waals surface area contributed by atoms with Gasteiger partial charge in [-0.2, -0.15) is 5.10 Å². The number of aryl methyl sites for hydroxylation is 1. The number of carbonyl (C=O) groups excluding carboxylic acids is 2. The molecule has 1 aliphatic heterocycles. The second kappa shape index (κ2) is 6.13. The quantitative estimate of drug-likeness (QED) is 0.680. The number of anilines is 1. The smallest absolute Gasteiger partial charge is 0.254 e. The fourth-order valence-electron chi connectivity index (χ4n) is 4.01. The van der Waals surface area contributed by atoms with Gasteiger partial charge in [0.1, 0.15) is 17.9 Å². The zero-order valence-electron chi connectivity index (χ0n) is 15.3. The molecule has 28 heavy (non-hydrogen) atoms. The van der Waals surface area contributed by atoms with E-state index in [2.05, 4.69) is 31.3 Å². The van der Waals surface area contributed by atoms with Crippen molar-refractivity contribution in [3.63, 3.8) is 0 Å². The van der Waals surface area contributed by atoms with Crippen LogP contribution in [0.4, 0.5) is 5.82 Å². The van der Waals surface area contributed by atoms with Crippen LogP contribution in [0.2, 0.25) is 0 Å². The monoisotopic (exact) mass is 439 g/mol. The fourth-order valence-corrected chi connectivity index (χ4v) is 4.37. The Bertz CT molecular complexity index is 1130. The molecule has 2 aromatic heterocycles. The summed E-state index contributed by atoms with van der Waals surface area (Å²) in [5.74, 6) is 0.117. The Balaban J connectivity index is 1.35. The number of carbonyl (C=O) groups is 2. The van der Waals surface area contributed by atoms with Gasteiger partial charge in [-0.25, -0.2) is 4.98 Å². The summed E-state index contributed by atoms with van der Waals surface area (Å²) < 4.78 is 2.71. The third-order valence-corrected chi connectivity index (χ3v) is 6.12. The Kier molecular flexibility index (Phi) is 3.80. The largest absolute Gasteiger partial charge is 0.328 e. The average Bonchev–Trinajstić information content (AvgIpc) is 3.35. The minimum atomic E-state index is -0.250. The molecule has 0 saturated heterocycles. The van der Waals surface area contributed by atoms with Crippen molar-refractivity contribution >= 4 is 44.6 Å². The van der Waals surface area contributed by atoms with Crippen molar-refractivity contribution in [1.29, 1.82) is 0 Å². The van der Waals surface area contributed by atoms with Crippen LogP contribution in [0, 0.1) is 0 Å². The van der Waals surface area contributed by atoms with E-state index >= 15 is 0 Å². The molecule has 3 heterocycles. The second-order valence-corrected chi connectivity index (χ2v) is 8.46. The van der Waals surface area contributed by atoms with Gasteiger partial charge in [0, 0.05) is 29.0 Å². The van der Waals surface area contributed by atoms with Crippen LogP contribution in [0.25, 0.3) is 11.0 Å². The zero-order valence-corrected chi connectivity index (χ0v) is 16.9. The number of benzene rings is 1. The SMILES string of the molecule is Cn1ncc2nc(NC(=O)CN3CC4(CC4)c4cc(Br)ccc4C3=O)ccc21. The highest BCUT2D eigenvalue weighted by atomic mass is 79.9. The van der Waals surface area contributed by atoms with E-state index in [1.807, 2.05) is 31.3 Å². The van der Waals surface area contributed by atoms with Crippen molar-refractivity contribution in [2.75, 3.05) is 18.4 Å². The van der Waals surface area contributed by atoms with Crippen molar-refractivity contribution in [2.24, 2.45) is 7.05 Å². The van der Waals surface area contributed by atoms with E-state index in [1.54, 1.807) is 21.8 Å². The summed E-state index contributed by atoms with van der Waals surface area (Å²) in [6.07, 6.45) is 3.74. The molecule has 1 fully saturated rings. The maximum atomic E-state index is 12.9. The van der Waals surface area contributed by atoms with Gasteiger partial charge in [-0.3, -0.25) is 14.3 Å². The summed E-state index contributed by atoms with van der Waals surface area (Å²) in [6.45, 7) is 0.598. The van der Waals surface area contributed by atoms with E-state index in [0.29, 0.717) is 23.4 Å². The second-order valence-electron chi connectivity index (χ2n) is 7.55. The van der Waals surface area contributed by atoms with E-state index in [4.69, 9.17) is 0 Å². The number of nitrogens with zero attached hydrogens (tertiary/aromatic N) is 4. The maximum absolute atomic E-state index is 12.9. The lowest BCUT2D eigenvalue weighted by atomic mass is 9.86. The topological polar surface area (TPSA) is 80.1 Å². The predicted octanol–water partition coefficient (Wildman–Crippen LogP) is 2.86. The van der Waals surface area contributed by atoms with Gasteiger partial charge in [0.2, 0.25) is 5.91 Å². The van der Waals surface area contributed by atoms with Crippen molar-refractivity contribution in [3.8, 4) is 0 Å². The standard InChI is InChI=1S/C20H18BrN5O2/c1-25-16-4-5-17(23-15(16)9-22-25)24-18(27)10-26-11-20(6-7-20)14-8-12(21)2-3-13(14)19(26)28/h2-5,8-9H,6-7,10-11H2,1H3,(H,23,24,27). The molecule has 0 radical (unpaired) electrons.